The molecule has 2 heterocycles. The Morgan fingerprint density at radius 2 is 1.75 bits per heavy atom. The van der Waals surface area contributed by atoms with Crippen molar-refractivity contribution in [2.45, 2.75) is 32.5 Å². The second-order valence-electron chi connectivity index (χ2n) is 7.35. The molecular weight excluding hydrogens is 352 g/mol. The summed E-state index contributed by atoms with van der Waals surface area (Å²) in [5, 5.41) is 2.98. The summed E-state index contributed by atoms with van der Waals surface area (Å²) in [6.07, 6.45) is 3.86. The number of nitrogens with zero attached hydrogens (tertiary/aromatic N) is 2. The molecule has 6 heteroatoms. The average molecular weight is 377 g/mol. The van der Waals surface area contributed by atoms with Crippen LogP contribution in [0.15, 0.2) is 59.5 Å². The van der Waals surface area contributed by atoms with Crippen molar-refractivity contribution in [2.24, 2.45) is 0 Å². The normalized spacial score (nSPS) is 14.4. The van der Waals surface area contributed by atoms with Crippen LogP contribution in [-0.2, 0) is 24.4 Å². The Morgan fingerprint density at radius 1 is 1.04 bits per heavy atom. The van der Waals surface area contributed by atoms with Crippen LogP contribution in [0.1, 0.15) is 24.0 Å². The van der Waals surface area contributed by atoms with Gasteiger partial charge in [0.15, 0.2) is 0 Å². The van der Waals surface area contributed by atoms with E-state index < -0.39 is 0 Å². The number of hydrogen-bond acceptors (Lipinski definition) is 3. The standard InChI is InChI=1S/C22H24N4O2/c27-21(16-26-20-10-4-3-9-19(20)23-14-22(26)28)24-13-17-7-1-2-8-18(17)15-25-11-5-6-12-25/h1-4,7-10,14H,5-6,11-13,15-16H2,(H,24,27)/p+1. The second kappa shape index (κ2) is 8.35. The van der Waals surface area contributed by atoms with E-state index in [1.165, 1.54) is 42.3 Å². The van der Waals surface area contributed by atoms with Gasteiger partial charge in [0.1, 0.15) is 13.1 Å². The fourth-order valence-electron chi connectivity index (χ4n) is 3.89. The largest absolute Gasteiger partial charge is 0.350 e. The van der Waals surface area contributed by atoms with Crippen molar-refractivity contribution < 1.29 is 9.69 Å². The van der Waals surface area contributed by atoms with Crippen LogP contribution in [0.4, 0.5) is 0 Å². The summed E-state index contributed by atoms with van der Waals surface area (Å²) < 4.78 is 1.47. The van der Waals surface area contributed by atoms with Gasteiger partial charge in [0, 0.05) is 24.9 Å². The topological polar surface area (TPSA) is 68.4 Å². The highest BCUT2D eigenvalue weighted by atomic mass is 16.2. The summed E-state index contributed by atoms with van der Waals surface area (Å²) in [4.78, 5) is 30.5. The van der Waals surface area contributed by atoms with Gasteiger partial charge in [-0.2, -0.15) is 0 Å². The molecule has 0 bridgehead atoms. The molecule has 2 N–H and O–H groups in total. The van der Waals surface area contributed by atoms with E-state index >= 15 is 0 Å². The number of aromatic nitrogens is 2. The molecular formula is C22H25N4O2+. The summed E-state index contributed by atoms with van der Waals surface area (Å²) in [7, 11) is 0. The lowest BCUT2D eigenvalue weighted by Gasteiger charge is -2.16. The van der Waals surface area contributed by atoms with E-state index in [4.69, 9.17) is 0 Å². The molecule has 0 aliphatic carbocycles. The van der Waals surface area contributed by atoms with Crippen LogP contribution in [-0.4, -0.2) is 28.5 Å². The second-order valence-corrected chi connectivity index (χ2v) is 7.35. The highest BCUT2D eigenvalue weighted by Gasteiger charge is 2.17. The Hall–Kier alpha value is -2.99. The third-order valence-corrected chi connectivity index (χ3v) is 5.40. The summed E-state index contributed by atoms with van der Waals surface area (Å²) in [6, 6.07) is 15.6. The zero-order valence-electron chi connectivity index (χ0n) is 15.9. The third-order valence-electron chi connectivity index (χ3n) is 5.40. The van der Waals surface area contributed by atoms with Crippen LogP contribution in [0.2, 0.25) is 0 Å². The number of para-hydroxylation sites is 2. The highest BCUT2D eigenvalue weighted by Crippen LogP contribution is 2.09. The molecule has 1 fully saturated rings. The van der Waals surface area contributed by atoms with Crippen molar-refractivity contribution in [1.29, 1.82) is 0 Å². The van der Waals surface area contributed by atoms with E-state index in [0.29, 0.717) is 17.6 Å². The third kappa shape index (κ3) is 4.12. The van der Waals surface area contributed by atoms with Gasteiger partial charge >= 0.3 is 0 Å². The smallest absolute Gasteiger partial charge is 0.269 e. The molecule has 1 saturated heterocycles. The van der Waals surface area contributed by atoms with Crippen LogP contribution in [0.3, 0.4) is 0 Å². The van der Waals surface area contributed by atoms with Gasteiger partial charge in [-0.15, -0.1) is 0 Å². The predicted octanol–water partition coefficient (Wildman–Crippen LogP) is 0.892. The van der Waals surface area contributed by atoms with E-state index in [1.54, 1.807) is 4.90 Å². The van der Waals surface area contributed by atoms with Crippen molar-refractivity contribution in [2.75, 3.05) is 13.1 Å². The van der Waals surface area contributed by atoms with Crippen LogP contribution < -0.4 is 15.8 Å². The minimum Gasteiger partial charge on any atom is -0.350 e. The molecule has 1 amide bonds. The first-order chi connectivity index (χ1) is 13.7. The van der Waals surface area contributed by atoms with Gasteiger partial charge in [-0.3, -0.25) is 14.2 Å². The number of nitrogens with one attached hydrogen (secondary N) is 2. The highest BCUT2D eigenvalue weighted by molar-refractivity contribution is 5.79. The lowest BCUT2D eigenvalue weighted by atomic mass is 10.1. The first-order valence-electron chi connectivity index (χ1n) is 9.82. The van der Waals surface area contributed by atoms with Gasteiger partial charge in [0.2, 0.25) is 5.91 Å². The molecule has 2 aromatic carbocycles. The Morgan fingerprint density at radius 3 is 2.57 bits per heavy atom. The van der Waals surface area contributed by atoms with Crippen molar-refractivity contribution >= 4 is 16.9 Å². The maximum Gasteiger partial charge on any atom is 0.269 e. The van der Waals surface area contributed by atoms with Gasteiger partial charge in [0.25, 0.3) is 5.56 Å². The summed E-state index contributed by atoms with van der Waals surface area (Å²) >= 11 is 0. The zero-order valence-corrected chi connectivity index (χ0v) is 15.9. The van der Waals surface area contributed by atoms with Gasteiger partial charge in [-0.1, -0.05) is 36.4 Å². The SMILES string of the molecule is O=C(Cn1c(=O)cnc2ccccc21)NCc1ccccc1C[NH+]1CCCC1. The molecule has 1 aliphatic heterocycles. The number of benzene rings is 2. The molecule has 3 aromatic rings. The summed E-state index contributed by atoms with van der Waals surface area (Å²) in [5.74, 6) is -0.179. The molecule has 0 unspecified atom stereocenters. The minimum absolute atomic E-state index is 0.0125. The van der Waals surface area contributed by atoms with Gasteiger partial charge in [0.05, 0.1) is 30.3 Å². The fourth-order valence-corrected chi connectivity index (χ4v) is 3.89. The van der Waals surface area contributed by atoms with Crippen LogP contribution in [0.5, 0.6) is 0 Å². The fraction of sp³-hybridized carbons (Fsp3) is 0.318. The van der Waals surface area contributed by atoms with E-state index in [1.807, 2.05) is 30.3 Å². The van der Waals surface area contributed by atoms with E-state index in [9.17, 15) is 9.59 Å². The van der Waals surface area contributed by atoms with Crippen molar-refractivity contribution in [1.82, 2.24) is 14.9 Å². The Labute approximate surface area is 163 Å². The quantitative estimate of drug-likeness (QED) is 0.671. The predicted molar refractivity (Wildman–Crippen MR) is 108 cm³/mol. The number of likely N-dealkylation sites (tertiary alicyclic amines) is 1. The summed E-state index contributed by atoms with van der Waals surface area (Å²) in [6.45, 7) is 3.90. The minimum atomic E-state index is -0.271. The number of quaternary nitrogens is 1. The first kappa shape index (κ1) is 18.4. The van der Waals surface area contributed by atoms with E-state index in [-0.39, 0.29) is 18.0 Å². The molecule has 0 spiro atoms. The first-order valence-corrected chi connectivity index (χ1v) is 9.82. The van der Waals surface area contributed by atoms with Crippen molar-refractivity contribution in [3.8, 4) is 0 Å². The van der Waals surface area contributed by atoms with E-state index in [2.05, 4.69) is 28.5 Å². The molecule has 1 aromatic heterocycles. The maximum atomic E-state index is 12.5. The van der Waals surface area contributed by atoms with E-state index in [0.717, 1.165) is 12.1 Å². The zero-order chi connectivity index (χ0) is 19.3. The molecule has 0 atom stereocenters. The monoisotopic (exact) mass is 377 g/mol. The number of amides is 1. The lowest BCUT2D eigenvalue weighted by molar-refractivity contribution is -0.901. The maximum absolute atomic E-state index is 12.5. The molecule has 0 radical (unpaired) electrons. The molecule has 28 heavy (non-hydrogen) atoms. The molecule has 6 nitrogen and oxygen atoms in total. The lowest BCUT2D eigenvalue weighted by Crippen LogP contribution is -3.08. The number of carbonyl (C=O) groups is 1. The molecule has 4 rings (SSSR count). The van der Waals surface area contributed by atoms with Crippen molar-refractivity contribution in [3.05, 3.63) is 76.2 Å². The van der Waals surface area contributed by atoms with Crippen LogP contribution >= 0.6 is 0 Å². The summed E-state index contributed by atoms with van der Waals surface area (Å²) in [5.41, 5.74) is 3.53. The number of carbonyl (C=O) groups excluding carboxylic acids is 1. The Kier molecular flexibility index (Phi) is 5.48. The van der Waals surface area contributed by atoms with Crippen molar-refractivity contribution in [3.63, 3.8) is 0 Å². The average Bonchev–Trinajstić information content (AvgIpc) is 3.23. The molecule has 0 saturated carbocycles. The van der Waals surface area contributed by atoms with Gasteiger partial charge in [-0.05, 0) is 17.7 Å². The number of fused-ring (bicyclic) bond motifs is 1. The van der Waals surface area contributed by atoms with Crippen LogP contribution in [0, 0.1) is 0 Å². The van der Waals surface area contributed by atoms with Crippen LogP contribution in [0.25, 0.3) is 11.0 Å². The number of hydrogen-bond donors (Lipinski definition) is 2. The van der Waals surface area contributed by atoms with Gasteiger partial charge < -0.3 is 10.2 Å². The molecule has 144 valence electrons. The Bertz CT molecular complexity index is 1040. The number of rotatable bonds is 6. The Balaban J connectivity index is 1.44. The van der Waals surface area contributed by atoms with Gasteiger partial charge in [-0.25, -0.2) is 4.98 Å². The molecule has 1 aliphatic rings.